The Kier molecular flexibility index (Phi) is 5.55. The van der Waals surface area contributed by atoms with Crippen LogP contribution in [-0.4, -0.2) is 28.6 Å². The number of hydrogen-bond acceptors (Lipinski definition) is 6. The summed E-state index contributed by atoms with van der Waals surface area (Å²) in [5, 5.41) is 16.5. The SMILES string of the molecule is COC(=O)c1cn2ncc(C#N)c(NC(=O)c3ccc(Oc4ccccc4)cc3)c2c1C. The zero-order valence-corrected chi connectivity index (χ0v) is 17.3. The number of rotatable bonds is 5. The van der Waals surface area contributed by atoms with E-state index in [1.807, 2.05) is 36.4 Å². The summed E-state index contributed by atoms with van der Waals surface area (Å²) in [7, 11) is 1.28. The smallest absolute Gasteiger partial charge is 0.339 e. The summed E-state index contributed by atoms with van der Waals surface area (Å²) < 4.78 is 12.0. The lowest BCUT2D eigenvalue weighted by Gasteiger charge is -2.11. The van der Waals surface area contributed by atoms with Gasteiger partial charge in [0.25, 0.3) is 5.91 Å². The molecule has 1 N–H and O–H groups in total. The predicted molar refractivity (Wildman–Crippen MR) is 117 cm³/mol. The number of benzene rings is 2. The third-order valence-corrected chi connectivity index (χ3v) is 4.92. The highest BCUT2D eigenvalue weighted by Gasteiger charge is 2.21. The van der Waals surface area contributed by atoms with Gasteiger partial charge in [0.2, 0.25) is 0 Å². The molecule has 0 unspecified atom stereocenters. The largest absolute Gasteiger partial charge is 0.465 e. The molecule has 2 heterocycles. The lowest BCUT2D eigenvalue weighted by molar-refractivity contribution is 0.0600. The van der Waals surface area contributed by atoms with Crippen molar-refractivity contribution in [2.24, 2.45) is 0 Å². The van der Waals surface area contributed by atoms with Crippen molar-refractivity contribution in [1.82, 2.24) is 9.61 Å². The Labute approximate surface area is 183 Å². The molecule has 0 aliphatic rings. The number of ether oxygens (including phenoxy) is 2. The van der Waals surface area contributed by atoms with Crippen LogP contribution in [0.4, 0.5) is 5.69 Å². The number of nitriles is 1. The van der Waals surface area contributed by atoms with E-state index in [0.29, 0.717) is 33.7 Å². The zero-order valence-electron chi connectivity index (χ0n) is 17.3. The van der Waals surface area contributed by atoms with Crippen LogP contribution >= 0.6 is 0 Å². The second kappa shape index (κ2) is 8.62. The second-order valence-corrected chi connectivity index (χ2v) is 6.89. The van der Waals surface area contributed by atoms with Crippen molar-refractivity contribution < 1.29 is 19.1 Å². The van der Waals surface area contributed by atoms with Crippen molar-refractivity contribution in [3.8, 4) is 17.6 Å². The lowest BCUT2D eigenvalue weighted by Crippen LogP contribution is -2.14. The fraction of sp³-hybridized carbons (Fsp3) is 0.0833. The van der Waals surface area contributed by atoms with Gasteiger partial charge in [-0.15, -0.1) is 0 Å². The summed E-state index contributed by atoms with van der Waals surface area (Å²) in [5.74, 6) is 0.327. The van der Waals surface area contributed by atoms with Gasteiger partial charge in [0.05, 0.1) is 35.6 Å². The molecule has 0 bridgehead atoms. The van der Waals surface area contributed by atoms with Crippen LogP contribution in [0.3, 0.4) is 0 Å². The molecular formula is C24H18N4O4. The average Bonchev–Trinajstić information content (AvgIpc) is 3.16. The van der Waals surface area contributed by atoms with Gasteiger partial charge >= 0.3 is 5.97 Å². The molecule has 8 heteroatoms. The van der Waals surface area contributed by atoms with Crippen molar-refractivity contribution in [3.05, 3.63) is 89.2 Å². The molecule has 2 aromatic heterocycles. The average molecular weight is 426 g/mol. The minimum atomic E-state index is -0.530. The van der Waals surface area contributed by atoms with E-state index in [1.165, 1.54) is 24.0 Å². The van der Waals surface area contributed by atoms with Gasteiger partial charge in [-0.3, -0.25) is 4.79 Å². The number of para-hydroxylation sites is 1. The summed E-state index contributed by atoms with van der Waals surface area (Å²) in [6.45, 7) is 1.70. The number of methoxy groups -OCH3 is 1. The van der Waals surface area contributed by atoms with Gasteiger partial charge in [0.15, 0.2) is 0 Å². The molecule has 0 aliphatic heterocycles. The minimum absolute atomic E-state index is 0.174. The van der Waals surface area contributed by atoms with Crippen LogP contribution in [0.15, 0.2) is 67.0 Å². The first kappa shape index (κ1) is 20.6. The fourth-order valence-corrected chi connectivity index (χ4v) is 3.30. The Bertz CT molecular complexity index is 1350. The number of hydrogen-bond donors (Lipinski definition) is 1. The number of nitrogens with one attached hydrogen (secondary N) is 1. The molecule has 0 atom stereocenters. The molecule has 2 aromatic carbocycles. The molecule has 0 spiro atoms. The van der Waals surface area contributed by atoms with E-state index in [4.69, 9.17) is 9.47 Å². The van der Waals surface area contributed by atoms with Crippen LogP contribution in [0.2, 0.25) is 0 Å². The van der Waals surface area contributed by atoms with Gasteiger partial charge in [-0.25, -0.2) is 9.31 Å². The standard InChI is InChI=1S/C24H18N4O4/c1-15-20(24(30)31-2)14-28-22(15)21(17(12-25)13-26-28)27-23(29)16-8-10-19(11-9-16)32-18-6-4-3-5-7-18/h3-11,13-14H,1-2H3,(H,27,29). The first-order valence-corrected chi connectivity index (χ1v) is 9.65. The number of esters is 1. The van der Waals surface area contributed by atoms with Gasteiger partial charge < -0.3 is 14.8 Å². The molecule has 0 saturated carbocycles. The molecule has 32 heavy (non-hydrogen) atoms. The van der Waals surface area contributed by atoms with E-state index < -0.39 is 11.9 Å². The van der Waals surface area contributed by atoms with Crippen LogP contribution < -0.4 is 10.1 Å². The maximum Gasteiger partial charge on any atom is 0.339 e. The fourth-order valence-electron chi connectivity index (χ4n) is 3.30. The number of carbonyl (C=O) groups excluding carboxylic acids is 2. The summed E-state index contributed by atoms with van der Waals surface area (Å²) in [4.78, 5) is 25.0. The Morgan fingerprint density at radius 3 is 2.41 bits per heavy atom. The predicted octanol–water partition coefficient (Wildman–Crippen LogP) is 4.35. The van der Waals surface area contributed by atoms with E-state index >= 15 is 0 Å². The number of aryl methyl sites for hydroxylation is 1. The third kappa shape index (κ3) is 3.87. The second-order valence-electron chi connectivity index (χ2n) is 6.89. The first-order valence-electron chi connectivity index (χ1n) is 9.65. The third-order valence-electron chi connectivity index (χ3n) is 4.92. The Morgan fingerprint density at radius 1 is 1.06 bits per heavy atom. The van der Waals surface area contributed by atoms with E-state index in [2.05, 4.69) is 10.4 Å². The van der Waals surface area contributed by atoms with E-state index in [1.54, 1.807) is 31.2 Å². The van der Waals surface area contributed by atoms with Crippen LogP contribution in [0, 0.1) is 18.3 Å². The number of nitrogens with zero attached hydrogens (tertiary/aromatic N) is 3. The number of aromatic nitrogens is 2. The molecule has 0 fully saturated rings. The summed E-state index contributed by atoms with van der Waals surface area (Å²) >= 11 is 0. The highest BCUT2D eigenvalue weighted by Crippen LogP contribution is 2.29. The topological polar surface area (TPSA) is 106 Å². The van der Waals surface area contributed by atoms with E-state index in [-0.39, 0.29) is 11.3 Å². The highest BCUT2D eigenvalue weighted by atomic mass is 16.5. The first-order chi connectivity index (χ1) is 15.5. The van der Waals surface area contributed by atoms with Gasteiger partial charge in [0.1, 0.15) is 17.6 Å². The number of anilines is 1. The molecule has 4 rings (SSSR count). The maximum atomic E-state index is 12.9. The molecule has 4 aromatic rings. The monoisotopic (exact) mass is 426 g/mol. The Hall–Kier alpha value is -4.64. The van der Waals surface area contributed by atoms with Crippen molar-refractivity contribution in [2.45, 2.75) is 6.92 Å². The van der Waals surface area contributed by atoms with E-state index in [9.17, 15) is 14.9 Å². The van der Waals surface area contributed by atoms with Gasteiger partial charge in [-0.05, 0) is 48.9 Å². The molecule has 158 valence electrons. The maximum absolute atomic E-state index is 12.9. The van der Waals surface area contributed by atoms with Gasteiger partial charge in [-0.2, -0.15) is 10.4 Å². The summed E-state index contributed by atoms with van der Waals surface area (Å²) in [6, 6.07) is 18.0. The molecule has 8 nitrogen and oxygen atoms in total. The Balaban J connectivity index is 1.64. The molecule has 0 radical (unpaired) electrons. The number of amides is 1. The van der Waals surface area contributed by atoms with Crippen LogP contribution in [0.5, 0.6) is 11.5 Å². The molecular weight excluding hydrogens is 408 g/mol. The van der Waals surface area contributed by atoms with Crippen molar-refractivity contribution in [1.29, 1.82) is 5.26 Å². The highest BCUT2D eigenvalue weighted by molar-refractivity contribution is 6.08. The molecule has 0 saturated heterocycles. The Morgan fingerprint density at radius 2 is 1.75 bits per heavy atom. The minimum Gasteiger partial charge on any atom is -0.465 e. The molecule has 0 aliphatic carbocycles. The van der Waals surface area contributed by atoms with Crippen LogP contribution in [0.25, 0.3) is 5.52 Å². The quantitative estimate of drug-likeness (QED) is 0.476. The normalized spacial score (nSPS) is 10.4. The van der Waals surface area contributed by atoms with Gasteiger partial charge in [0, 0.05) is 11.8 Å². The lowest BCUT2D eigenvalue weighted by atomic mass is 10.1. The van der Waals surface area contributed by atoms with Crippen molar-refractivity contribution >= 4 is 23.1 Å². The zero-order chi connectivity index (χ0) is 22.7. The van der Waals surface area contributed by atoms with Crippen molar-refractivity contribution in [2.75, 3.05) is 12.4 Å². The van der Waals surface area contributed by atoms with Crippen molar-refractivity contribution in [3.63, 3.8) is 0 Å². The van der Waals surface area contributed by atoms with Crippen LogP contribution in [-0.2, 0) is 4.74 Å². The summed E-state index contributed by atoms with van der Waals surface area (Å²) in [5.41, 5.74) is 2.11. The number of fused-ring (bicyclic) bond motifs is 1. The van der Waals surface area contributed by atoms with Crippen LogP contribution in [0.1, 0.15) is 31.8 Å². The van der Waals surface area contributed by atoms with Gasteiger partial charge in [-0.1, -0.05) is 18.2 Å². The summed E-state index contributed by atoms with van der Waals surface area (Å²) in [6.07, 6.45) is 2.84. The number of carbonyl (C=O) groups is 2. The molecule has 1 amide bonds. The van der Waals surface area contributed by atoms with E-state index in [0.717, 1.165) is 0 Å².